The molecule has 0 saturated carbocycles. The van der Waals surface area contributed by atoms with E-state index in [1.54, 1.807) is 4.90 Å². The number of carbonyl (C=O) groups excluding carboxylic acids is 2. The first-order chi connectivity index (χ1) is 17.4. The van der Waals surface area contributed by atoms with Gasteiger partial charge in [0, 0.05) is 25.9 Å². The zero-order valence-electron chi connectivity index (χ0n) is 21.7. The molecule has 0 spiro atoms. The van der Waals surface area contributed by atoms with Gasteiger partial charge in [-0.25, -0.2) is 0 Å². The summed E-state index contributed by atoms with van der Waals surface area (Å²) < 4.78 is 5.79. The van der Waals surface area contributed by atoms with Crippen LogP contribution in [-0.4, -0.2) is 35.9 Å². The molecule has 5 heteroatoms. The highest BCUT2D eigenvalue weighted by atomic mass is 16.5. The van der Waals surface area contributed by atoms with Crippen LogP contribution in [0.25, 0.3) is 0 Å². The molecule has 36 heavy (non-hydrogen) atoms. The summed E-state index contributed by atoms with van der Waals surface area (Å²) in [6.45, 7) is 7.56. The van der Waals surface area contributed by atoms with E-state index < -0.39 is 6.04 Å². The standard InChI is InChI=1S/C31H38N2O3/c1-24(2)22-32-31(35)29(21-26-13-6-4-7-14-26)33(23-27-15-10-12-25(3)20-27)30(34)18-11-19-36-28-16-8-5-9-17-28/h4-10,12-17,20,24,29H,11,18-19,21-23H2,1-3H3,(H,32,35)/t29-/m0/s1. The maximum atomic E-state index is 13.6. The van der Waals surface area contributed by atoms with Gasteiger partial charge in [0.25, 0.3) is 0 Å². The normalized spacial score (nSPS) is 11.7. The number of benzene rings is 3. The Bertz CT molecular complexity index is 1080. The third-order valence-corrected chi connectivity index (χ3v) is 5.94. The molecule has 0 unspecified atom stereocenters. The predicted molar refractivity (Wildman–Crippen MR) is 145 cm³/mol. The molecular weight excluding hydrogens is 448 g/mol. The van der Waals surface area contributed by atoms with Crippen LogP contribution in [0.2, 0.25) is 0 Å². The van der Waals surface area contributed by atoms with Gasteiger partial charge in [-0.1, -0.05) is 92.2 Å². The van der Waals surface area contributed by atoms with E-state index in [1.807, 2.05) is 85.8 Å². The third-order valence-electron chi connectivity index (χ3n) is 5.94. The topological polar surface area (TPSA) is 58.6 Å². The van der Waals surface area contributed by atoms with E-state index in [0.29, 0.717) is 44.9 Å². The van der Waals surface area contributed by atoms with E-state index in [9.17, 15) is 9.59 Å². The van der Waals surface area contributed by atoms with Crippen LogP contribution in [0.1, 0.15) is 43.4 Å². The second-order valence-corrected chi connectivity index (χ2v) is 9.62. The number of hydrogen-bond acceptors (Lipinski definition) is 3. The van der Waals surface area contributed by atoms with Crippen LogP contribution in [0.15, 0.2) is 84.9 Å². The minimum absolute atomic E-state index is 0.0474. The first-order valence-electron chi connectivity index (χ1n) is 12.8. The summed E-state index contributed by atoms with van der Waals surface area (Å²) in [5, 5.41) is 3.07. The summed E-state index contributed by atoms with van der Waals surface area (Å²) in [4.78, 5) is 28.8. The highest BCUT2D eigenvalue weighted by molar-refractivity contribution is 5.88. The van der Waals surface area contributed by atoms with Gasteiger partial charge in [-0.3, -0.25) is 9.59 Å². The van der Waals surface area contributed by atoms with E-state index in [1.165, 1.54) is 0 Å². The van der Waals surface area contributed by atoms with Crippen LogP contribution in [0.4, 0.5) is 0 Å². The van der Waals surface area contributed by atoms with Crippen LogP contribution in [-0.2, 0) is 22.6 Å². The first kappa shape index (κ1) is 27.0. The lowest BCUT2D eigenvalue weighted by Crippen LogP contribution is -2.51. The second-order valence-electron chi connectivity index (χ2n) is 9.62. The quantitative estimate of drug-likeness (QED) is 0.322. The number of amides is 2. The highest BCUT2D eigenvalue weighted by Crippen LogP contribution is 2.18. The predicted octanol–water partition coefficient (Wildman–Crippen LogP) is 5.57. The Morgan fingerprint density at radius 1 is 0.889 bits per heavy atom. The molecule has 0 aliphatic heterocycles. The number of hydrogen-bond donors (Lipinski definition) is 1. The molecule has 1 atom stereocenters. The molecule has 0 radical (unpaired) electrons. The summed E-state index contributed by atoms with van der Waals surface area (Å²) in [6, 6.07) is 27.0. The van der Waals surface area contributed by atoms with Gasteiger partial charge in [0.15, 0.2) is 0 Å². The molecule has 3 aromatic carbocycles. The molecule has 0 heterocycles. The highest BCUT2D eigenvalue weighted by Gasteiger charge is 2.30. The molecule has 0 aliphatic carbocycles. The fraction of sp³-hybridized carbons (Fsp3) is 0.355. The molecule has 190 valence electrons. The van der Waals surface area contributed by atoms with Gasteiger partial charge < -0.3 is 15.0 Å². The Hall–Kier alpha value is -3.60. The maximum Gasteiger partial charge on any atom is 0.243 e. The lowest BCUT2D eigenvalue weighted by atomic mass is 10.0. The van der Waals surface area contributed by atoms with E-state index in [-0.39, 0.29) is 11.8 Å². The molecule has 5 nitrogen and oxygen atoms in total. The van der Waals surface area contributed by atoms with Crippen LogP contribution in [0, 0.1) is 12.8 Å². The average Bonchev–Trinajstić information content (AvgIpc) is 2.88. The van der Waals surface area contributed by atoms with Crippen LogP contribution < -0.4 is 10.1 Å². The number of nitrogens with zero attached hydrogens (tertiary/aromatic N) is 1. The third kappa shape index (κ3) is 8.88. The van der Waals surface area contributed by atoms with Crippen LogP contribution >= 0.6 is 0 Å². The fourth-order valence-electron chi connectivity index (χ4n) is 4.06. The molecule has 3 aromatic rings. The lowest BCUT2D eigenvalue weighted by molar-refractivity contribution is -0.141. The Labute approximate surface area is 215 Å². The summed E-state index contributed by atoms with van der Waals surface area (Å²) in [5.74, 6) is 0.946. The van der Waals surface area contributed by atoms with Gasteiger partial charge in [0.05, 0.1) is 6.61 Å². The van der Waals surface area contributed by atoms with Gasteiger partial charge in [-0.05, 0) is 42.5 Å². The molecule has 1 N–H and O–H groups in total. The van der Waals surface area contributed by atoms with Crippen molar-refractivity contribution in [2.24, 2.45) is 5.92 Å². The summed E-state index contributed by atoms with van der Waals surface area (Å²) in [7, 11) is 0. The van der Waals surface area contributed by atoms with Crippen molar-refractivity contribution in [1.29, 1.82) is 0 Å². The summed E-state index contributed by atoms with van der Waals surface area (Å²) in [6.07, 6.45) is 1.34. The Balaban J connectivity index is 1.79. The number of carbonyl (C=O) groups is 2. The van der Waals surface area contributed by atoms with Gasteiger partial charge >= 0.3 is 0 Å². The number of ether oxygens (including phenoxy) is 1. The van der Waals surface area contributed by atoms with Crippen LogP contribution in [0.5, 0.6) is 5.75 Å². The Morgan fingerprint density at radius 3 is 2.22 bits per heavy atom. The van der Waals surface area contributed by atoms with Crippen molar-refractivity contribution in [2.45, 2.75) is 52.6 Å². The maximum absolute atomic E-state index is 13.6. The van der Waals surface area contributed by atoms with Crippen molar-refractivity contribution in [2.75, 3.05) is 13.2 Å². The van der Waals surface area contributed by atoms with Crippen LogP contribution in [0.3, 0.4) is 0 Å². The number of aryl methyl sites for hydroxylation is 1. The SMILES string of the molecule is Cc1cccc(CN(C(=O)CCCOc2ccccc2)[C@@H](Cc2ccccc2)C(=O)NCC(C)C)c1. The number of para-hydroxylation sites is 1. The summed E-state index contributed by atoms with van der Waals surface area (Å²) in [5.41, 5.74) is 3.16. The molecule has 0 fully saturated rings. The van der Waals surface area contributed by atoms with E-state index in [4.69, 9.17) is 4.74 Å². The Morgan fingerprint density at radius 2 is 1.56 bits per heavy atom. The molecular formula is C31H38N2O3. The molecule has 0 aromatic heterocycles. The van der Waals surface area contributed by atoms with Crippen molar-refractivity contribution < 1.29 is 14.3 Å². The molecule has 0 saturated heterocycles. The van der Waals surface area contributed by atoms with Gasteiger partial charge in [0.2, 0.25) is 11.8 Å². The Kier molecular flexibility index (Phi) is 10.6. The largest absolute Gasteiger partial charge is 0.494 e. The average molecular weight is 487 g/mol. The van der Waals surface area contributed by atoms with Crippen molar-refractivity contribution >= 4 is 11.8 Å². The van der Waals surface area contributed by atoms with Crippen molar-refractivity contribution in [3.8, 4) is 5.75 Å². The van der Waals surface area contributed by atoms with Crippen molar-refractivity contribution in [3.63, 3.8) is 0 Å². The second kappa shape index (κ2) is 14.1. The monoisotopic (exact) mass is 486 g/mol. The minimum Gasteiger partial charge on any atom is -0.494 e. The zero-order valence-corrected chi connectivity index (χ0v) is 21.7. The number of nitrogens with one attached hydrogen (secondary N) is 1. The fourth-order valence-corrected chi connectivity index (χ4v) is 4.06. The lowest BCUT2D eigenvalue weighted by Gasteiger charge is -2.32. The first-order valence-corrected chi connectivity index (χ1v) is 12.8. The van der Waals surface area contributed by atoms with E-state index >= 15 is 0 Å². The molecule has 0 bridgehead atoms. The van der Waals surface area contributed by atoms with Gasteiger partial charge in [0.1, 0.15) is 11.8 Å². The number of rotatable bonds is 13. The van der Waals surface area contributed by atoms with Gasteiger partial charge in [-0.2, -0.15) is 0 Å². The summed E-state index contributed by atoms with van der Waals surface area (Å²) >= 11 is 0. The minimum atomic E-state index is -0.603. The van der Waals surface area contributed by atoms with Crippen molar-refractivity contribution in [1.82, 2.24) is 10.2 Å². The molecule has 3 rings (SSSR count). The smallest absolute Gasteiger partial charge is 0.243 e. The molecule has 2 amide bonds. The van der Waals surface area contributed by atoms with E-state index in [2.05, 4.69) is 25.2 Å². The zero-order chi connectivity index (χ0) is 25.8. The van der Waals surface area contributed by atoms with E-state index in [0.717, 1.165) is 22.4 Å². The van der Waals surface area contributed by atoms with Crippen molar-refractivity contribution in [3.05, 3.63) is 102 Å². The van der Waals surface area contributed by atoms with Gasteiger partial charge in [-0.15, -0.1) is 0 Å². The molecule has 0 aliphatic rings.